The number of nitrogens with one attached hydrogen (secondary N) is 3. The highest BCUT2D eigenvalue weighted by atomic mass is 32.1. The van der Waals surface area contributed by atoms with Crippen molar-refractivity contribution in [3.05, 3.63) is 52.5 Å². The van der Waals surface area contributed by atoms with E-state index in [-0.39, 0.29) is 17.8 Å². The number of ether oxygens (including phenoxy) is 1. The molecule has 6 nitrogen and oxygen atoms in total. The van der Waals surface area contributed by atoms with Gasteiger partial charge in [0.25, 0.3) is 5.91 Å². The van der Waals surface area contributed by atoms with Crippen LogP contribution in [0.5, 0.6) is 5.75 Å². The van der Waals surface area contributed by atoms with Crippen molar-refractivity contribution >= 4 is 23.2 Å². The van der Waals surface area contributed by atoms with Gasteiger partial charge in [-0.2, -0.15) is 0 Å². The molecule has 1 amide bonds. The minimum Gasteiger partial charge on any atom is -0.489 e. The summed E-state index contributed by atoms with van der Waals surface area (Å²) in [4.78, 5) is 16.7. The van der Waals surface area contributed by atoms with E-state index in [4.69, 9.17) is 4.74 Å². The third-order valence-electron chi connectivity index (χ3n) is 3.59. The second-order valence-corrected chi connectivity index (χ2v) is 6.80. The van der Waals surface area contributed by atoms with Gasteiger partial charge in [-0.05, 0) is 36.9 Å². The monoisotopic (exact) mass is 392 g/mol. The fourth-order valence-corrected chi connectivity index (χ4v) is 2.91. The minimum atomic E-state index is -0.323. The number of nitrogens with zero attached hydrogens (tertiary/aromatic N) is 1. The molecule has 2 aromatic rings. The molecule has 0 fully saturated rings. The Morgan fingerprint density at radius 1 is 1.22 bits per heavy atom. The zero-order chi connectivity index (χ0) is 19.5. The summed E-state index contributed by atoms with van der Waals surface area (Å²) in [5.74, 6) is 0.773. The van der Waals surface area contributed by atoms with Gasteiger partial charge in [0.2, 0.25) is 0 Å². The van der Waals surface area contributed by atoms with E-state index < -0.39 is 0 Å². The maximum absolute atomic E-state index is 13.2. The van der Waals surface area contributed by atoms with Crippen molar-refractivity contribution in [3.63, 3.8) is 0 Å². The fraction of sp³-hybridized carbons (Fsp3) is 0.368. The number of amides is 1. The predicted octanol–water partition coefficient (Wildman–Crippen LogP) is 2.64. The number of carbonyl (C=O) groups excluding carboxylic acids is 1. The number of hydrogen-bond acceptors (Lipinski definition) is 4. The van der Waals surface area contributed by atoms with Crippen LogP contribution in [-0.4, -0.2) is 44.7 Å². The van der Waals surface area contributed by atoms with E-state index in [0.29, 0.717) is 36.2 Å². The number of thiophene rings is 1. The molecular formula is C19H25FN4O2S. The first-order valence-corrected chi connectivity index (χ1v) is 9.65. The summed E-state index contributed by atoms with van der Waals surface area (Å²) in [7, 11) is 1.69. The standard InChI is InChI=1S/C19H25FN4O2S/c1-14(26-16-7-3-6-15(20)12-16)13-24-19(21-2)23-10-5-9-22-18(25)17-8-4-11-27-17/h3-4,6-8,11-12,14H,5,9-10,13H2,1-2H3,(H,22,25)(H2,21,23,24). The maximum Gasteiger partial charge on any atom is 0.261 e. The van der Waals surface area contributed by atoms with Gasteiger partial charge in [-0.25, -0.2) is 4.39 Å². The summed E-state index contributed by atoms with van der Waals surface area (Å²) in [5, 5.41) is 11.1. The molecule has 27 heavy (non-hydrogen) atoms. The molecule has 0 aliphatic rings. The Kier molecular flexibility index (Phi) is 8.57. The molecule has 3 N–H and O–H groups in total. The Balaban J connectivity index is 1.60. The van der Waals surface area contributed by atoms with Crippen LogP contribution in [0.25, 0.3) is 0 Å². The Morgan fingerprint density at radius 3 is 2.74 bits per heavy atom. The van der Waals surface area contributed by atoms with Crippen LogP contribution in [0.2, 0.25) is 0 Å². The third kappa shape index (κ3) is 7.65. The summed E-state index contributed by atoms with van der Waals surface area (Å²) in [6.07, 6.45) is 0.614. The van der Waals surface area contributed by atoms with Crippen molar-refractivity contribution in [3.8, 4) is 5.75 Å². The molecule has 0 spiro atoms. The first-order valence-electron chi connectivity index (χ1n) is 8.77. The lowest BCUT2D eigenvalue weighted by molar-refractivity contribution is 0.0957. The highest BCUT2D eigenvalue weighted by Gasteiger charge is 2.07. The second-order valence-electron chi connectivity index (χ2n) is 5.85. The van der Waals surface area contributed by atoms with Gasteiger partial charge in [-0.3, -0.25) is 9.79 Å². The Labute approximate surface area is 162 Å². The fourth-order valence-electron chi connectivity index (χ4n) is 2.27. The normalized spacial score (nSPS) is 12.3. The smallest absolute Gasteiger partial charge is 0.261 e. The molecule has 1 atom stereocenters. The molecule has 146 valence electrons. The number of halogens is 1. The van der Waals surface area contributed by atoms with Crippen LogP contribution in [0.15, 0.2) is 46.8 Å². The lowest BCUT2D eigenvalue weighted by atomic mass is 10.3. The van der Waals surface area contributed by atoms with Crippen LogP contribution in [0.1, 0.15) is 23.0 Å². The summed E-state index contributed by atoms with van der Waals surface area (Å²) >= 11 is 1.42. The van der Waals surface area contributed by atoms with Crippen molar-refractivity contribution in [2.75, 3.05) is 26.7 Å². The van der Waals surface area contributed by atoms with Gasteiger partial charge in [-0.15, -0.1) is 11.3 Å². The first-order chi connectivity index (χ1) is 13.1. The van der Waals surface area contributed by atoms with Gasteiger partial charge < -0.3 is 20.7 Å². The quantitative estimate of drug-likeness (QED) is 0.348. The zero-order valence-corrected chi connectivity index (χ0v) is 16.3. The van der Waals surface area contributed by atoms with Crippen LogP contribution >= 0.6 is 11.3 Å². The van der Waals surface area contributed by atoms with Crippen molar-refractivity contribution in [2.24, 2.45) is 4.99 Å². The second kappa shape index (κ2) is 11.2. The molecule has 1 aromatic heterocycles. The van der Waals surface area contributed by atoms with Crippen LogP contribution in [0.4, 0.5) is 4.39 Å². The van der Waals surface area contributed by atoms with Crippen LogP contribution in [0.3, 0.4) is 0 Å². The van der Waals surface area contributed by atoms with Gasteiger partial charge in [0.1, 0.15) is 17.7 Å². The number of aliphatic imine (C=N–C) groups is 1. The molecule has 0 saturated carbocycles. The molecular weight excluding hydrogens is 367 g/mol. The van der Waals surface area contributed by atoms with E-state index in [1.54, 1.807) is 25.2 Å². The van der Waals surface area contributed by atoms with Gasteiger partial charge >= 0.3 is 0 Å². The number of hydrogen-bond donors (Lipinski definition) is 3. The third-order valence-corrected chi connectivity index (χ3v) is 4.46. The van der Waals surface area contributed by atoms with Gasteiger partial charge in [0.15, 0.2) is 5.96 Å². The maximum atomic E-state index is 13.2. The number of carbonyl (C=O) groups is 1. The Bertz CT molecular complexity index is 737. The summed E-state index contributed by atoms with van der Waals surface area (Å²) in [6.45, 7) is 3.67. The van der Waals surface area contributed by atoms with E-state index >= 15 is 0 Å². The van der Waals surface area contributed by atoms with E-state index in [2.05, 4.69) is 20.9 Å². The number of benzene rings is 1. The van der Waals surface area contributed by atoms with E-state index in [9.17, 15) is 9.18 Å². The molecule has 0 bridgehead atoms. The van der Waals surface area contributed by atoms with Crippen molar-refractivity contribution < 1.29 is 13.9 Å². The van der Waals surface area contributed by atoms with Crippen molar-refractivity contribution in [2.45, 2.75) is 19.4 Å². The van der Waals surface area contributed by atoms with E-state index in [1.807, 2.05) is 18.4 Å². The lowest BCUT2D eigenvalue weighted by Crippen LogP contribution is -2.42. The number of rotatable bonds is 9. The molecule has 0 saturated heterocycles. The largest absolute Gasteiger partial charge is 0.489 e. The van der Waals surface area contributed by atoms with Crippen molar-refractivity contribution in [1.29, 1.82) is 0 Å². The first kappa shape index (κ1) is 20.7. The Hall–Kier alpha value is -2.61. The van der Waals surface area contributed by atoms with Gasteiger partial charge in [0, 0.05) is 26.2 Å². The SMILES string of the molecule is CN=C(NCCCNC(=O)c1cccs1)NCC(C)Oc1cccc(F)c1. The summed E-state index contributed by atoms with van der Waals surface area (Å²) in [5.41, 5.74) is 0. The number of guanidine groups is 1. The van der Waals surface area contributed by atoms with E-state index in [0.717, 1.165) is 6.42 Å². The van der Waals surface area contributed by atoms with Crippen LogP contribution in [0, 0.1) is 5.82 Å². The lowest BCUT2D eigenvalue weighted by Gasteiger charge is -2.17. The molecule has 0 radical (unpaired) electrons. The van der Waals surface area contributed by atoms with Crippen molar-refractivity contribution in [1.82, 2.24) is 16.0 Å². The van der Waals surface area contributed by atoms with Gasteiger partial charge in [-0.1, -0.05) is 12.1 Å². The van der Waals surface area contributed by atoms with Gasteiger partial charge in [0.05, 0.1) is 11.4 Å². The summed E-state index contributed by atoms with van der Waals surface area (Å²) in [6, 6.07) is 9.73. The molecule has 1 heterocycles. The average Bonchev–Trinajstić information content (AvgIpc) is 3.18. The molecule has 8 heteroatoms. The molecule has 0 aliphatic heterocycles. The highest BCUT2D eigenvalue weighted by molar-refractivity contribution is 7.12. The predicted molar refractivity (Wildman–Crippen MR) is 107 cm³/mol. The molecule has 2 rings (SSSR count). The Morgan fingerprint density at radius 2 is 2.04 bits per heavy atom. The van der Waals surface area contributed by atoms with Crippen LogP contribution < -0.4 is 20.7 Å². The van der Waals surface area contributed by atoms with Crippen LogP contribution in [-0.2, 0) is 0 Å². The highest BCUT2D eigenvalue weighted by Crippen LogP contribution is 2.13. The summed E-state index contributed by atoms with van der Waals surface area (Å²) < 4.78 is 18.8. The molecule has 1 unspecified atom stereocenters. The molecule has 1 aromatic carbocycles. The topological polar surface area (TPSA) is 74.8 Å². The zero-order valence-electron chi connectivity index (χ0n) is 15.5. The molecule has 0 aliphatic carbocycles. The average molecular weight is 393 g/mol. The van der Waals surface area contributed by atoms with E-state index in [1.165, 1.54) is 23.5 Å². The minimum absolute atomic E-state index is 0.0455.